The molecule has 0 saturated heterocycles. The van der Waals surface area contributed by atoms with Gasteiger partial charge in [0.2, 0.25) is 0 Å². The van der Waals surface area contributed by atoms with Crippen molar-refractivity contribution in [1.82, 2.24) is 19.1 Å². The van der Waals surface area contributed by atoms with Gasteiger partial charge in [-0.3, -0.25) is 4.57 Å². The lowest BCUT2D eigenvalue weighted by Gasteiger charge is -2.44. The normalized spacial score (nSPS) is 12.8. The van der Waals surface area contributed by atoms with Gasteiger partial charge in [0.25, 0.3) is 6.71 Å². The van der Waals surface area contributed by atoms with E-state index in [2.05, 4.69) is 231 Å². The molecule has 8 aromatic carbocycles. The van der Waals surface area contributed by atoms with Gasteiger partial charge in [-0.2, -0.15) is 0 Å². The molecule has 6 nitrogen and oxygen atoms in total. The third kappa shape index (κ3) is 5.24. The number of hydrogen-bond donors (Lipinski definition) is 0. The molecule has 0 saturated carbocycles. The largest absolute Gasteiger partial charge is 0.311 e. The first-order valence-corrected chi connectivity index (χ1v) is 22.2. The zero-order valence-electron chi connectivity index (χ0n) is 35.1. The van der Waals surface area contributed by atoms with E-state index >= 15 is 0 Å². The summed E-state index contributed by atoms with van der Waals surface area (Å²) in [5, 5.41) is 4.65. The summed E-state index contributed by atoms with van der Waals surface area (Å²) in [6.45, 7) is 0.0116. The van der Waals surface area contributed by atoms with Crippen LogP contribution in [0.4, 0.5) is 34.1 Å². The van der Waals surface area contributed by atoms with Crippen LogP contribution < -0.4 is 26.2 Å². The first-order valence-electron chi connectivity index (χ1n) is 22.2. The summed E-state index contributed by atoms with van der Waals surface area (Å²) in [6.07, 6.45) is 1.88. The van der Waals surface area contributed by atoms with E-state index in [1.165, 1.54) is 38.5 Å². The van der Waals surface area contributed by atoms with Gasteiger partial charge in [0.05, 0.1) is 27.9 Å². The van der Waals surface area contributed by atoms with E-state index < -0.39 is 0 Å². The molecule has 65 heavy (non-hydrogen) atoms. The minimum Gasteiger partial charge on any atom is -0.311 e. The third-order valence-corrected chi connectivity index (χ3v) is 13.5. The van der Waals surface area contributed by atoms with Gasteiger partial charge in [0.15, 0.2) is 0 Å². The summed E-state index contributed by atoms with van der Waals surface area (Å²) < 4.78 is 4.64. The molecule has 0 atom stereocenters. The highest BCUT2D eigenvalue weighted by Crippen LogP contribution is 2.46. The number of para-hydroxylation sites is 7. The van der Waals surface area contributed by atoms with Crippen LogP contribution in [-0.2, 0) is 0 Å². The quantitative estimate of drug-likeness (QED) is 0.162. The van der Waals surface area contributed by atoms with Crippen LogP contribution in [0.2, 0.25) is 0 Å². The SMILES string of the molecule is c1ccc(N2c3ccccc3B3c4ccccc4N(c4ccccc4)c4cc(-c5cc(-n6c7ccccc7c7ccccc76)cc(-n6c7ccccc7c7cccnc76)n5)cc2c43)cc1. The van der Waals surface area contributed by atoms with Crippen LogP contribution in [0.5, 0.6) is 0 Å². The Kier molecular flexibility index (Phi) is 7.68. The van der Waals surface area contributed by atoms with E-state index in [1.807, 2.05) is 12.3 Å². The van der Waals surface area contributed by atoms with Crippen LogP contribution in [0.3, 0.4) is 0 Å². The third-order valence-electron chi connectivity index (χ3n) is 13.5. The Bertz CT molecular complexity index is 3520. The van der Waals surface area contributed by atoms with Crippen molar-refractivity contribution in [1.29, 1.82) is 0 Å². The zero-order chi connectivity index (χ0) is 42.6. The molecule has 0 spiro atoms. The van der Waals surface area contributed by atoms with Crippen molar-refractivity contribution >= 4 is 101 Å². The average Bonchev–Trinajstić information content (AvgIpc) is 3.90. The Balaban J connectivity index is 1.12. The summed E-state index contributed by atoms with van der Waals surface area (Å²) in [5.41, 5.74) is 17.7. The lowest BCUT2D eigenvalue weighted by molar-refractivity contribution is 1.04. The van der Waals surface area contributed by atoms with Crippen molar-refractivity contribution in [2.24, 2.45) is 0 Å². The number of rotatable bonds is 5. The molecule has 7 heteroatoms. The molecule has 0 amide bonds. The van der Waals surface area contributed by atoms with Gasteiger partial charge < -0.3 is 14.4 Å². The molecule has 0 bridgehead atoms. The van der Waals surface area contributed by atoms with Crippen molar-refractivity contribution in [2.45, 2.75) is 0 Å². The summed E-state index contributed by atoms with van der Waals surface area (Å²) in [6, 6.07) is 78.9. The predicted molar refractivity (Wildman–Crippen MR) is 270 cm³/mol. The van der Waals surface area contributed by atoms with Crippen LogP contribution in [-0.4, -0.2) is 25.8 Å². The van der Waals surface area contributed by atoms with E-state index in [-0.39, 0.29) is 6.71 Å². The number of benzene rings is 8. The summed E-state index contributed by atoms with van der Waals surface area (Å²) in [5.74, 6) is 0.795. The van der Waals surface area contributed by atoms with Crippen LogP contribution in [0, 0.1) is 0 Å². The molecular weight excluding hydrogens is 791 g/mol. The number of nitrogens with zero attached hydrogens (tertiary/aromatic N) is 6. The second-order valence-electron chi connectivity index (χ2n) is 17.0. The van der Waals surface area contributed by atoms with Crippen molar-refractivity contribution in [3.8, 4) is 22.8 Å². The second-order valence-corrected chi connectivity index (χ2v) is 17.0. The van der Waals surface area contributed by atoms with Gasteiger partial charge in [0.1, 0.15) is 11.5 Å². The Morgan fingerprint density at radius 2 is 0.846 bits per heavy atom. The van der Waals surface area contributed by atoms with Gasteiger partial charge >= 0.3 is 0 Å². The van der Waals surface area contributed by atoms with Gasteiger partial charge in [-0.05, 0) is 101 Å². The first-order chi connectivity index (χ1) is 32.3. The number of anilines is 6. The van der Waals surface area contributed by atoms with E-state index in [0.29, 0.717) is 0 Å². The van der Waals surface area contributed by atoms with Gasteiger partial charge in [0, 0.05) is 73.5 Å². The Hall–Kier alpha value is -8.68. The average molecular weight is 829 g/mol. The van der Waals surface area contributed by atoms with Crippen molar-refractivity contribution in [3.05, 3.63) is 225 Å². The first kappa shape index (κ1) is 35.9. The lowest BCUT2D eigenvalue weighted by atomic mass is 9.33. The molecule has 2 aliphatic heterocycles. The van der Waals surface area contributed by atoms with E-state index in [9.17, 15) is 0 Å². The smallest absolute Gasteiger partial charge is 0.252 e. The molecule has 0 unspecified atom stereocenters. The fourth-order valence-corrected chi connectivity index (χ4v) is 10.9. The number of fused-ring (bicyclic) bond motifs is 10. The zero-order valence-corrected chi connectivity index (χ0v) is 35.1. The summed E-state index contributed by atoms with van der Waals surface area (Å²) in [7, 11) is 0. The molecule has 12 aromatic rings. The van der Waals surface area contributed by atoms with Crippen LogP contribution in [0.1, 0.15) is 0 Å². The topological polar surface area (TPSA) is 42.1 Å². The molecule has 0 aliphatic carbocycles. The van der Waals surface area contributed by atoms with E-state index in [0.717, 1.165) is 78.5 Å². The van der Waals surface area contributed by atoms with Crippen LogP contribution >= 0.6 is 0 Å². The summed E-state index contributed by atoms with van der Waals surface area (Å²) in [4.78, 5) is 15.7. The van der Waals surface area contributed by atoms with Crippen molar-refractivity contribution < 1.29 is 0 Å². The highest BCUT2D eigenvalue weighted by atomic mass is 15.2. The van der Waals surface area contributed by atoms with Crippen LogP contribution in [0.15, 0.2) is 225 Å². The summed E-state index contributed by atoms with van der Waals surface area (Å²) >= 11 is 0. The molecule has 0 fully saturated rings. The maximum atomic E-state index is 5.73. The Labute approximate surface area is 375 Å². The Morgan fingerprint density at radius 3 is 1.43 bits per heavy atom. The molecule has 2 aliphatic rings. The van der Waals surface area contributed by atoms with Gasteiger partial charge in [-0.1, -0.05) is 127 Å². The van der Waals surface area contributed by atoms with E-state index in [4.69, 9.17) is 9.97 Å². The lowest BCUT2D eigenvalue weighted by Crippen LogP contribution is -2.61. The monoisotopic (exact) mass is 828 g/mol. The molecular formula is C58H37BN6. The maximum Gasteiger partial charge on any atom is 0.252 e. The highest BCUT2D eigenvalue weighted by Gasteiger charge is 2.43. The van der Waals surface area contributed by atoms with Crippen molar-refractivity contribution in [2.75, 3.05) is 9.80 Å². The minimum atomic E-state index is 0.0116. The van der Waals surface area contributed by atoms with Gasteiger partial charge in [-0.25, -0.2) is 9.97 Å². The van der Waals surface area contributed by atoms with Gasteiger partial charge in [-0.15, -0.1) is 0 Å². The highest BCUT2D eigenvalue weighted by molar-refractivity contribution is 7.00. The predicted octanol–water partition coefficient (Wildman–Crippen LogP) is 12.4. The fourth-order valence-electron chi connectivity index (χ4n) is 10.9. The number of aromatic nitrogens is 4. The molecule has 4 aromatic heterocycles. The molecule has 0 radical (unpaired) electrons. The minimum absolute atomic E-state index is 0.0116. The van der Waals surface area contributed by atoms with E-state index in [1.54, 1.807) is 0 Å². The van der Waals surface area contributed by atoms with Crippen molar-refractivity contribution in [3.63, 3.8) is 0 Å². The standard InChI is InChI=1S/C58H37BN6/c1-3-18-39(19-4-1)62-52-31-15-10-26-46(52)59-47-27-11-16-32-53(47)63(40-20-5-2-6-21-40)55-35-38(34-54(62)57(55)59)48-36-41(64-49-28-12-7-22-42(49)43-23-8-13-29-50(43)64)37-56(61-48)65-51-30-14-9-24-44(51)45-25-17-33-60-58(45)65/h1-37H. The maximum absolute atomic E-state index is 5.73. The second kappa shape index (κ2) is 13.9. The molecule has 6 heterocycles. The fraction of sp³-hybridized carbons (Fsp3) is 0. The number of pyridine rings is 2. The van der Waals surface area contributed by atoms with Crippen LogP contribution in [0.25, 0.3) is 66.5 Å². The Morgan fingerprint density at radius 1 is 0.369 bits per heavy atom. The molecule has 302 valence electrons. The molecule has 14 rings (SSSR count). The molecule has 0 N–H and O–H groups in total. The number of hydrogen-bond acceptors (Lipinski definition) is 4.